The van der Waals surface area contributed by atoms with Gasteiger partial charge in [0.25, 0.3) is 0 Å². The number of hydrogen-bond donors (Lipinski definition) is 2. The van der Waals surface area contributed by atoms with Crippen LogP contribution >= 0.6 is 0 Å². The largest absolute Gasteiger partial charge is 0.396 e. The smallest absolute Gasteiger partial charge is 0.317 e. The molecule has 1 aliphatic heterocycles. The molecule has 2 amide bonds. The van der Waals surface area contributed by atoms with Crippen molar-refractivity contribution in [3.8, 4) is 0 Å². The van der Waals surface area contributed by atoms with Crippen molar-refractivity contribution < 1.29 is 9.90 Å². The van der Waals surface area contributed by atoms with Crippen LogP contribution < -0.4 is 5.32 Å². The Morgan fingerprint density at radius 2 is 2.37 bits per heavy atom. The van der Waals surface area contributed by atoms with Crippen molar-refractivity contribution in [3.63, 3.8) is 0 Å². The summed E-state index contributed by atoms with van der Waals surface area (Å²) in [6.07, 6.45) is 1.76. The Morgan fingerprint density at radius 3 is 3.05 bits per heavy atom. The minimum Gasteiger partial charge on any atom is -0.396 e. The van der Waals surface area contributed by atoms with Gasteiger partial charge < -0.3 is 15.3 Å². The molecule has 4 heteroatoms. The summed E-state index contributed by atoms with van der Waals surface area (Å²) in [5.74, 6) is 0.252. The van der Waals surface area contributed by atoms with Gasteiger partial charge in [-0.05, 0) is 25.3 Å². The predicted molar refractivity (Wildman–Crippen MR) is 75.0 cm³/mol. The molecule has 1 saturated heterocycles. The van der Waals surface area contributed by atoms with Gasteiger partial charge in [0.1, 0.15) is 0 Å². The van der Waals surface area contributed by atoms with Gasteiger partial charge in [0.05, 0.1) is 0 Å². The van der Waals surface area contributed by atoms with Crippen LogP contribution in [0, 0.1) is 12.8 Å². The van der Waals surface area contributed by atoms with Crippen molar-refractivity contribution in [3.05, 3.63) is 35.4 Å². The van der Waals surface area contributed by atoms with Gasteiger partial charge in [-0.2, -0.15) is 0 Å². The van der Waals surface area contributed by atoms with Gasteiger partial charge in [-0.25, -0.2) is 4.79 Å². The second-order valence-corrected chi connectivity index (χ2v) is 5.25. The molecular weight excluding hydrogens is 240 g/mol. The number of carbonyl (C=O) groups excluding carboxylic acids is 1. The van der Waals surface area contributed by atoms with Crippen molar-refractivity contribution in [2.45, 2.75) is 19.8 Å². The average Bonchev–Trinajstić information content (AvgIpc) is 2.87. The van der Waals surface area contributed by atoms with E-state index in [0.717, 1.165) is 19.4 Å². The quantitative estimate of drug-likeness (QED) is 0.865. The van der Waals surface area contributed by atoms with Crippen molar-refractivity contribution >= 4 is 6.03 Å². The van der Waals surface area contributed by atoms with Crippen LogP contribution in [-0.2, 0) is 6.42 Å². The number of benzene rings is 1. The van der Waals surface area contributed by atoms with Crippen LogP contribution in [0.2, 0.25) is 0 Å². The molecule has 0 bridgehead atoms. The number of nitrogens with one attached hydrogen (secondary N) is 1. The highest BCUT2D eigenvalue weighted by Crippen LogP contribution is 2.15. The maximum Gasteiger partial charge on any atom is 0.317 e. The fourth-order valence-corrected chi connectivity index (χ4v) is 2.46. The summed E-state index contributed by atoms with van der Waals surface area (Å²) in [6, 6.07) is 8.32. The lowest BCUT2D eigenvalue weighted by atomic mass is 10.1. The lowest BCUT2D eigenvalue weighted by Gasteiger charge is -2.17. The molecule has 2 N–H and O–H groups in total. The fraction of sp³-hybridized carbons (Fsp3) is 0.533. The number of nitrogens with zero attached hydrogens (tertiary/aromatic N) is 1. The molecule has 104 valence electrons. The highest BCUT2D eigenvalue weighted by molar-refractivity contribution is 5.74. The third-order valence-corrected chi connectivity index (χ3v) is 3.60. The van der Waals surface area contributed by atoms with E-state index in [0.29, 0.717) is 13.1 Å². The fourth-order valence-electron chi connectivity index (χ4n) is 2.46. The van der Waals surface area contributed by atoms with E-state index in [9.17, 15) is 4.79 Å². The molecule has 1 aromatic carbocycles. The summed E-state index contributed by atoms with van der Waals surface area (Å²) in [6.45, 7) is 4.32. The number of rotatable bonds is 4. The summed E-state index contributed by atoms with van der Waals surface area (Å²) >= 11 is 0. The summed E-state index contributed by atoms with van der Waals surface area (Å²) in [4.78, 5) is 13.7. The van der Waals surface area contributed by atoms with Crippen molar-refractivity contribution in [2.24, 2.45) is 5.92 Å². The number of likely N-dealkylation sites (tertiary alicyclic amines) is 1. The maximum absolute atomic E-state index is 11.9. The summed E-state index contributed by atoms with van der Waals surface area (Å²) in [5.41, 5.74) is 2.49. The van der Waals surface area contributed by atoms with Gasteiger partial charge in [-0.1, -0.05) is 29.8 Å². The van der Waals surface area contributed by atoms with Crippen LogP contribution in [0.25, 0.3) is 0 Å². The Kier molecular flexibility index (Phi) is 4.80. The normalized spacial score (nSPS) is 18.6. The first-order valence-electron chi connectivity index (χ1n) is 6.88. The second-order valence-electron chi connectivity index (χ2n) is 5.25. The second kappa shape index (κ2) is 6.57. The maximum atomic E-state index is 11.9. The van der Waals surface area contributed by atoms with E-state index < -0.39 is 0 Å². The first-order chi connectivity index (χ1) is 9.19. The van der Waals surface area contributed by atoms with Crippen LogP contribution in [0.4, 0.5) is 4.79 Å². The van der Waals surface area contributed by atoms with Gasteiger partial charge in [0.2, 0.25) is 0 Å². The number of hydrogen-bond acceptors (Lipinski definition) is 2. The SMILES string of the molecule is Cc1cccc(CCNC(=O)N2CCC(CO)C2)c1. The molecule has 1 heterocycles. The van der Waals surface area contributed by atoms with E-state index in [2.05, 4.69) is 30.4 Å². The van der Waals surface area contributed by atoms with E-state index in [-0.39, 0.29) is 18.6 Å². The minimum absolute atomic E-state index is 0.0106. The Labute approximate surface area is 114 Å². The summed E-state index contributed by atoms with van der Waals surface area (Å²) in [7, 11) is 0. The molecule has 1 aliphatic rings. The Bertz CT molecular complexity index is 434. The molecule has 1 fully saturated rings. The van der Waals surface area contributed by atoms with Gasteiger partial charge in [0, 0.05) is 32.2 Å². The molecule has 1 aromatic rings. The zero-order valence-corrected chi connectivity index (χ0v) is 11.4. The number of amides is 2. The van der Waals surface area contributed by atoms with Crippen molar-refractivity contribution in [1.29, 1.82) is 0 Å². The highest BCUT2D eigenvalue weighted by atomic mass is 16.3. The van der Waals surface area contributed by atoms with E-state index >= 15 is 0 Å². The average molecular weight is 262 g/mol. The van der Waals surface area contributed by atoms with Crippen LogP contribution in [0.5, 0.6) is 0 Å². The highest BCUT2D eigenvalue weighted by Gasteiger charge is 2.25. The van der Waals surface area contributed by atoms with Gasteiger partial charge >= 0.3 is 6.03 Å². The van der Waals surface area contributed by atoms with Gasteiger partial charge in [0.15, 0.2) is 0 Å². The van der Waals surface area contributed by atoms with E-state index in [1.54, 1.807) is 4.90 Å². The Morgan fingerprint density at radius 1 is 1.53 bits per heavy atom. The first-order valence-corrected chi connectivity index (χ1v) is 6.88. The lowest BCUT2D eigenvalue weighted by Crippen LogP contribution is -2.39. The molecular formula is C15H22N2O2. The van der Waals surface area contributed by atoms with E-state index in [4.69, 9.17) is 5.11 Å². The molecule has 1 atom stereocenters. The van der Waals surface area contributed by atoms with E-state index in [1.807, 2.05) is 6.07 Å². The van der Waals surface area contributed by atoms with Crippen molar-refractivity contribution in [1.82, 2.24) is 10.2 Å². The lowest BCUT2D eigenvalue weighted by molar-refractivity contribution is 0.198. The number of aliphatic hydroxyl groups is 1. The Balaban J connectivity index is 1.72. The first kappa shape index (κ1) is 13.9. The summed E-state index contributed by atoms with van der Waals surface area (Å²) < 4.78 is 0. The third-order valence-electron chi connectivity index (χ3n) is 3.60. The standard InChI is InChI=1S/C15H22N2O2/c1-12-3-2-4-13(9-12)5-7-16-15(19)17-8-6-14(10-17)11-18/h2-4,9,14,18H,5-8,10-11H2,1H3,(H,16,19). The molecule has 2 rings (SSSR count). The number of urea groups is 1. The monoisotopic (exact) mass is 262 g/mol. The molecule has 0 spiro atoms. The zero-order valence-electron chi connectivity index (χ0n) is 11.4. The van der Waals surface area contributed by atoms with Crippen molar-refractivity contribution in [2.75, 3.05) is 26.2 Å². The molecule has 0 saturated carbocycles. The van der Waals surface area contributed by atoms with Crippen LogP contribution in [-0.4, -0.2) is 42.3 Å². The summed E-state index contributed by atoms with van der Waals surface area (Å²) in [5, 5.41) is 12.0. The van der Waals surface area contributed by atoms with Crippen LogP contribution in [0.3, 0.4) is 0 Å². The van der Waals surface area contributed by atoms with Gasteiger partial charge in [-0.15, -0.1) is 0 Å². The molecule has 0 aliphatic carbocycles. The zero-order chi connectivity index (χ0) is 13.7. The third kappa shape index (κ3) is 3.96. The molecule has 19 heavy (non-hydrogen) atoms. The van der Waals surface area contributed by atoms with E-state index in [1.165, 1.54) is 11.1 Å². The molecule has 0 radical (unpaired) electrons. The van der Waals surface area contributed by atoms with Gasteiger partial charge in [-0.3, -0.25) is 0 Å². The number of carbonyl (C=O) groups is 1. The topological polar surface area (TPSA) is 52.6 Å². The Hall–Kier alpha value is -1.55. The predicted octanol–water partition coefficient (Wildman–Crippen LogP) is 1.56. The minimum atomic E-state index is -0.0106. The molecule has 1 unspecified atom stereocenters. The van der Waals surface area contributed by atoms with Crippen LogP contribution in [0.1, 0.15) is 17.5 Å². The molecule has 4 nitrogen and oxygen atoms in total. The number of aliphatic hydroxyl groups excluding tert-OH is 1. The number of aryl methyl sites for hydroxylation is 1. The molecule has 0 aromatic heterocycles. The van der Waals surface area contributed by atoms with Crippen LogP contribution in [0.15, 0.2) is 24.3 Å².